The van der Waals surface area contributed by atoms with E-state index in [2.05, 4.69) is 10.6 Å². The molecule has 1 aromatic carbocycles. The van der Waals surface area contributed by atoms with Gasteiger partial charge in [0, 0.05) is 13.1 Å². The zero-order chi connectivity index (χ0) is 13.5. The van der Waals surface area contributed by atoms with E-state index in [9.17, 15) is 4.79 Å². The maximum atomic E-state index is 12.0. The van der Waals surface area contributed by atoms with Crippen molar-refractivity contribution in [2.45, 2.75) is 19.4 Å². The van der Waals surface area contributed by atoms with Gasteiger partial charge in [0.05, 0.1) is 31.4 Å². The van der Waals surface area contributed by atoms with Crippen LogP contribution in [-0.2, 0) is 9.53 Å². The molecule has 1 amide bonds. The number of para-hydroxylation sites is 2. The quantitative estimate of drug-likeness (QED) is 0.844. The molecule has 1 saturated heterocycles. The first-order valence-electron chi connectivity index (χ1n) is 6.63. The normalized spacial score (nSPS) is 18.9. The molecule has 0 saturated carbocycles. The summed E-state index contributed by atoms with van der Waals surface area (Å²) in [5, 5.41) is 6.08. The van der Waals surface area contributed by atoms with E-state index in [1.165, 1.54) is 0 Å². The number of carbonyl (C=O) groups is 1. The van der Waals surface area contributed by atoms with Crippen molar-refractivity contribution in [2.75, 3.05) is 31.6 Å². The SMILES string of the molecule is CCOc1ccccc1NC(=O)CC1CNCCO1. The number of anilines is 1. The maximum Gasteiger partial charge on any atom is 0.227 e. The summed E-state index contributed by atoms with van der Waals surface area (Å²) >= 11 is 0. The van der Waals surface area contributed by atoms with Gasteiger partial charge in [-0.3, -0.25) is 4.79 Å². The number of rotatable bonds is 5. The maximum absolute atomic E-state index is 12.0. The first kappa shape index (κ1) is 13.8. The summed E-state index contributed by atoms with van der Waals surface area (Å²) in [6.45, 7) is 4.72. The first-order valence-corrected chi connectivity index (χ1v) is 6.63. The zero-order valence-corrected chi connectivity index (χ0v) is 11.1. The van der Waals surface area contributed by atoms with Crippen molar-refractivity contribution < 1.29 is 14.3 Å². The largest absolute Gasteiger partial charge is 0.492 e. The predicted octanol–water partition coefficient (Wildman–Crippen LogP) is 1.40. The van der Waals surface area contributed by atoms with Gasteiger partial charge in [0.25, 0.3) is 0 Å². The number of amides is 1. The Morgan fingerprint density at radius 2 is 2.37 bits per heavy atom. The van der Waals surface area contributed by atoms with Crippen molar-refractivity contribution in [1.29, 1.82) is 0 Å². The summed E-state index contributed by atoms with van der Waals surface area (Å²) in [6, 6.07) is 7.44. The highest BCUT2D eigenvalue weighted by atomic mass is 16.5. The molecule has 0 bridgehead atoms. The van der Waals surface area contributed by atoms with Gasteiger partial charge in [-0.05, 0) is 19.1 Å². The molecule has 2 N–H and O–H groups in total. The molecule has 0 aromatic heterocycles. The Labute approximate surface area is 113 Å². The predicted molar refractivity (Wildman–Crippen MR) is 73.5 cm³/mol. The molecule has 0 spiro atoms. The van der Waals surface area contributed by atoms with Gasteiger partial charge >= 0.3 is 0 Å². The van der Waals surface area contributed by atoms with Gasteiger partial charge in [-0.1, -0.05) is 12.1 Å². The van der Waals surface area contributed by atoms with Crippen LogP contribution in [0.2, 0.25) is 0 Å². The molecule has 5 heteroatoms. The van der Waals surface area contributed by atoms with E-state index in [0.717, 1.165) is 13.1 Å². The molecule has 2 rings (SSSR count). The van der Waals surface area contributed by atoms with Crippen LogP contribution in [0.4, 0.5) is 5.69 Å². The fourth-order valence-corrected chi connectivity index (χ4v) is 2.01. The minimum atomic E-state index is -0.0548. The molecule has 19 heavy (non-hydrogen) atoms. The van der Waals surface area contributed by atoms with Crippen molar-refractivity contribution in [1.82, 2.24) is 5.32 Å². The highest BCUT2D eigenvalue weighted by molar-refractivity contribution is 5.92. The summed E-state index contributed by atoms with van der Waals surface area (Å²) in [7, 11) is 0. The van der Waals surface area contributed by atoms with Crippen LogP contribution >= 0.6 is 0 Å². The Hall–Kier alpha value is -1.59. The minimum absolute atomic E-state index is 0.0481. The highest BCUT2D eigenvalue weighted by Crippen LogP contribution is 2.23. The molecule has 1 heterocycles. The van der Waals surface area contributed by atoms with Crippen molar-refractivity contribution in [2.24, 2.45) is 0 Å². The number of benzene rings is 1. The van der Waals surface area contributed by atoms with E-state index in [4.69, 9.17) is 9.47 Å². The zero-order valence-electron chi connectivity index (χ0n) is 11.1. The Bertz CT molecular complexity index is 417. The van der Waals surface area contributed by atoms with E-state index in [-0.39, 0.29) is 12.0 Å². The van der Waals surface area contributed by atoms with Crippen LogP contribution < -0.4 is 15.4 Å². The summed E-state index contributed by atoms with van der Waals surface area (Å²) in [5.74, 6) is 0.641. The van der Waals surface area contributed by atoms with Gasteiger partial charge in [-0.15, -0.1) is 0 Å². The fraction of sp³-hybridized carbons (Fsp3) is 0.500. The van der Waals surface area contributed by atoms with E-state index in [1.807, 2.05) is 31.2 Å². The van der Waals surface area contributed by atoms with Gasteiger partial charge < -0.3 is 20.1 Å². The van der Waals surface area contributed by atoms with Crippen LogP contribution in [0, 0.1) is 0 Å². The van der Waals surface area contributed by atoms with E-state index in [1.54, 1.807) is 0 Å². The molecule has 104 valence electrons. The number of carbonyl (C=O) groups excluding carboxylic acids is 1. The van der Waals surface area contributed by atoms with Gasteiger partial charge in [-0.2, -0.15) is 0 Å². The molecule has 1 fully saturated rings. The van der Waals surface area contributed by atoms with Crippen LogP contribution in [0.25, 0.3) is 0 Å². The number of nitrogens with one attached hydrogen (secondary N) is 2. The monoisotopic (exact) mass is 264 g/mol. The molecule has 0 radical (unpaired) electrons. The summed E-state index contributed by atoms with van der Waals surface area (Å²) in [6.07, 6.45) is 0.306. The lowest BCUT2D eigenvalue weighted by atomic mass is 10.2. The van der Waals surface area contributed by atoms with Gasteiger partial charge in [0.15, 0.2) is 0 Å². The molecule has 5 nitrogen and oxygen atoms in total. The third-order valence-corrected chi connectivity index (χ3v) is 2.88. The Balaban J connectivity index is 1.90. The summed E-state index contributed by atoms with van der Waals surface area (Å²) in [4.78, 5) is 12.0. The molecule has 1 aliphatic rings. The van der Waals surface area contributed by atoms with Crippen LogP contribution in [-0.4, -0.2) is 38.3 Å². The first-order chi connectivity index (χ1) is 9.29. The molecule has 0 aliphatic carbocycles. The van der Waals surface area contributed by atoms with Crippen molar-refractivity contribution in [3.63, 3.8) is 0 Å². The van der Waals surface area contributed by atoms with Crippen LogP contribution in [0.3, 0.4) is 0 Å². The van der Waals surface area contributed by atoms with Crippen LogP contribution in [0.15, 0.2) is 24.3 Å². The van der Waals surface area contributed by atoms with Crippen molar-refractivity contribution >= 4 is 11.6 Å². The average molecular weight is 264 g/mol. The van der Waals surface area contributed by atoms with Gasteiger partial charge in [0.2, 0.25) is 5.91 Å². The van der Waals surface area contributed by atoms with Gasteiger partial charge in [0.1, 0.15) is 5.75 Å². The average Bonchev–Trinajstić information content (AvgIpc) is 2.42. The molecule has 1 unspecified atom stereocenters. The smallest absolute Gasteiger partial charge is 0.227 e. The van der Waals surface area contributed by atoms with Gasteiger partial charge in [-0.25, -0.2) is 0 Å². The second-order valence-corrected chi connectivity index (χ2v) is 4.38. The lowest BCUT2D eigenvalue weighted by Crippen LogP contribution is -2.40. The molecular formula is C14H20N2O3. The molecule has 1 atom stereocenters. The second-order valence-electron chi connectivity index (χ2n) is 4.38. The fourth-order valence-electron chi connectivity index (χ4n) is 2.01. The minimum Gasteiger partial charge on any atom is -0.492 e. The number of hydrogen-bond donors (Lipinski definition) is 2. The third kappa shape index (κ3) is 4.22. The standard InChI is InChI=1S/C14H20N2O3/c1-2-18-13-6-4-3-5-12(13)16-14(17)9-11-10-15-7-8-19-11/h3-6,11,15H,2,7-10H2,1H3,(H,16,17). The number of ether oxygens (including phenoxy) is 2. The number of morpholine rings is 1. The van der Waals surface area contributed by atoms with E-state index < -0.39 is 0 Å². The lowest BCUT2D eigenvalue weighted by molar-refractivity contribution is -0.119. The Morgan fingerprint density at radius 1 is 1.53 bits per heavy atom. The third-order valence-electron chi connectivity index (χ3n) is 2.88. The number of hydrogen-bond acceptors (Lipinski definition) is 4. The van der Waals surface area contributed by atoms with E-state index in [0.29, 0.717) is 31.1 Å². The Morgan fingerprint density at radius 3 is 3.11 bits per heavy atom. The van der Waals surface area contributed by atoms with Crippen LogP contribution in [0.5, 0.6) is 5.75 Å². The van der Waals surface area contributed by atoms with Crippen molar-refractivity contribution in [3.05, 3.63) is 24.3 Å². The van der Waals surface area contributed by atoms with E-state index >= 15 is 0 Å². The lowest BCUT2D eigenvalue weighted by Gasteiger charge is -2.23. The molecule has 1 aromatic rings. The topological polar surface area (TPSA) is 59.6 Å². The summed E-state index contributed by atoms with van der Waals surface area (Å²) < 4.78 is 11.0. The Kier molecular flexibility index (Phi) is 5.18. The molecule has 1 aliphatic heterocycles. The second kappa shape index (κ2) is 7.11. The molecular weight excluding hydrogens is 244 g/mol. The summed E-state index contributed by atoms with van der Waals surface area (Å²) in [5.41, 5.74) is 0.707. The van der Waals surface area contributed by atoms with Crippen LogP contribution in [0.1, 0.15) is 13.3 Å². The highest BCUT2D eigenvalue weighted by Gasteiger charge is 2.18. The van der Waals surface area contributed by atoms with Crippen molar-refractivity contribution in [3.8, 4) is 5.75 Å².